The number of rotatable bonds is 4. The molecule has 0 fully saturated rings. The molecule has 180 valence electrons. The first-order chi connectivity index (χ1) is 17.5. The Kier molecular flexibility index (Phi) is 5.40. The second-order valence-electron chi connectivity index (χ2n) is 9.36. The van der Waals surface area contributed by atoms with Crippen LogP contribution in [-0.2, 0) is 25.8 Å². The molecular weight excluding hydrogens is 450 g/mol. The maximum absolute atomic E-state index is 11.7. The van der Waals surface area contributed by atoms with Crippen molar-refractivity contribution < 1.29 is 4.52 Å². The molecule has 0 radical (unpaired) electrons. The Morgan fingerprint density at radius 2 is 1.89 bits per heavy atom. The molecule has 0 saturated heterocycles. The van der Waals surface area contributed by atoms with Crippen LogP contribution >= 0.6 is 0 Å². The van der Waals surface area contributed by atoms with E-state index in [1.807, 2.05) is 19.2 Å². The fourth-order valence-corrected chi connectivity index (χ4v) is 5.31. The highest BCUT2D eigenvalue weighted by Crippen LogP contribution is 2.38. The topological polar surface area (TPSA) is 89.6 Å². The first kappa shape index (κ1) is 22.2. The minimum absolute atomic E-state index is 0.459. The lowest BCUT2D eigenvalue weighted by molar-refractivity contribution is 0.385. The molecular formula is C29H27N5O2. The van der Waals surface area contributed by atoms with Crippen molar-refractivity contribution in [1.82, 2.24) is 24.7 Å². The number of aromatic amines is 1. The van der Waals surface area contributed by atoms with Crippen LogP contribution in [0.5, 0.6) is 0 Å². The van der Waals surface area contributed by atoms with Gasteiger partial charge in [-0.3, -0.25) is 9.51 Å². The van der Waals surface area contributed by atoms with Gasteiger partial charge >= 0.3 is 5.76 Å². The minimum Gasteiger partial charge on any atom is -0.308 e. The average Bonchev–Trinajstić information content (AvgIpc) is 3.44. The van der Waals surface area contributed by atoms with E-state index in [1.165, 1.54) is 22.3 Å². The molecule has 1 aliphatic carbocycles. The average molecular weight is 478 g/mol. The maximum Gasteiger partial charge on any atom is 0.439 e. The van der Waals surface area contributed by atoms with Crippen molar-refractivity contribution in [2.75, 3.05) is 0 Å². The Balaban J connectivity index is 1.49. The van der Waals surface area contributed by atoms with Gasteiger partial charge in [0.15, 0.2) is 11.5 Å². The summed E-state index contributed by atoms with van der Waals surface area (Å²) in [6.45, 7) is 6.92. The second kappa shape index (κ2) is 8.75. The van der Waals surface area contributed by atoms with Gasteiger partial charge in [0.1, 0.15) is 11.3 Å². The molecule has 3 aromatic heterocycles. The van der Waals surface area contributed by atoms with E-state index in [0.29, 0.717) is 12.4 Å². The lowest BCUT2D eigenvalue weighted by atomic mass is 9.89. The van der Waals surface area contributed by atoms with Crippen LogP contribution in [-0.4, -0.2) is 24.7 Å². The Bertz CT molecular complexity index is 1700. The molecule has 0 unspecified atom stereocenters. The third-order valence-corrected chi connectivity index (χ3v) is 7.13. The number of imidazole rings is 1. The predicted octanol–water partition coefficient (Wildman–Crippen LogP) is 5.10. The van der Waals surface area contributed by atoms with Gasteiger partial charge in [-0.05, 0) is 71.7 Å². The van der Waals surface area contributed by atoms with E-state index in [9.17, 15) is 4.79 Å². The highest BCUT2D eigenvalue weighted by atomic mass is 16.5. The summed E-state index contributed by atoms with van der Waals surface area (Å²) in [5, 5.41) is 3.97. The van der Waals surface area contributed by atoms with E-state index < -0.39 is 5.76 Å². The summed E-state index contributed by atoms with van der Waals surface area (Å²) >= 11 is 0. The zero-order chi connectivity index (χ0) is 24.8. The van der Waals surface area contributed by atoms with Crippen molar-refractivity contribution in [3.63, 3.8) is 0 Å². The van der Waals surface area contributed by atoms with E-state index >= 15 is 0 Å². The number of pyridine rings is 1. The maximum atomic E-state index is 11.7. The first-order valence-corrected chi connectivity index (χ1v) is 12.3. The van der Waals surface area contributed by atoms with Crippen molar-refractivity contribution in [3.05, 3.63) is 110 Å². The number of benzene rings is 2. The molecule has 1 aliphatic rings. The number of fused-ring (bicyclic) bond motifs is 3. The number of nitrogens with one attached hydrogen (secondary N) is 1. The van der Waals surface area contributed by atoms with E-state index in [-0.39, 0.29) is 0 Å². The van der Waals surface area contributed by atoms with Crippen LogP contribution < -0.4 is 5.76 Å². The van der Waals surface area contributed by atoms with Crippen molar-refractivity contribution in [1.29, 1.82) is 0 Å². The Labute approximate surface area is 208 Å². The van der Waals surface area contributed by atoms with Crippen molar-refractivity contribution in [3.8, 4) is 0 Å². The summed E-state index contributed by atoms with van der Waals surface area (Å²) in [7, 11) is 0. The number of aryl methyl sites for hydroxylation is 4. The van der Waals surface area contributed by atoms with Gasteiger partial charge in [0, 0.05) is 18.2 Å². The molecule has 0 spiro atoms. The van der Waals surface area contributed by atoms with Crippen LogP contribution in [0.1, 0.15) is 58.9 Å². The van der Waals surface area contributed by atoms with E-state index in [4.69, 9.17) is 9.51 Å². The molecule has 7 nitrogen and oxygen atoms in total. The third kappa shape index (κ3) is 3.68. The fourth-order valence-electron chi connectivity index (χ4n) is 5.31. The molecule has 5 aromatic rings. The number of H-pyrrole nitrogens is 1. The Morgan fingerprint density at radius 3 is 2.69 bits per heavy atom. The zero-order valence-corrected chi connectivity index (χ0v) is 20.6. The normalized spacial score (nSPS) is 14.4. The monoisotopic (exact) mass is 477 g/mol. The van der Waals surface area contributed by atoms with Gasteiger partial charge in [-0.25, -0.2) is 14.8 Å². The molecule has 6 rings (SSSR count). The molecule has 0 atom stereocenters. The summed E-state index contributed by atoms with van der Waals surface area (Å²) in [5.41, 5.74) is 11.1. The fraction of sp³-hybridized carbons (Fsp3) is 0.241. The van der Waals surface area contributed by atoms with Crippen LogP contribution in [0.4, 0.5) is 0 Å². The first-order valence-electron chi connectivity index (χ1n) is 12.3. The standard InChI is InChI=1S/C29H27N5O2/c1-4-24-31-26-17(2)13-14-30-28(26)34(24)16-19-9-12-23-21(15-19)11-10-20-7-5-6-8-22(20)25(23)18(3)27-32-29(35)36-33-27/h5-9,12-15H,4,10-11,16H2,1-3H3,(H,32,33,35). The summed E-state index contributed by atoms with van der Waals surface area (Å²) in [4.78, 5) is 23.9. The van der Waals surface area contributed by atoms with E-state index in [2.05, 4.69) is 76.0 Å². The van der Waals surface area contributed by atoms with Gasteiger partial charge in [0.05, 0.1) is 6.54 Å². The quantitative estimate of drug-likeness (QED) is 0.389. The molecule has 0 bridgehead atoms. The number of aromatic nitrogens is 5. The van der Waals surface area contributed by atoms with Gasteiger partial charge in [-0.2, -0.15) is 0 Å². The second-order valence-corrected chi connectivity index (χ2v) is 9.36. The molecule has 36 heavy (non-hydrogen) atoms. The van der Waals surface area contributed by atoms with Crippen molar-refractivity contribution >= 4 is 22.3 Å². The third-order valence-electron chi connectivity index (χ3n) is 7.13. The van der Waals surface area contributed by atoms with Crippen LogP contribution in [0.15, 0.2) is 64.0 Å². The zero-order valence-electron chi connectivity index (χ0n) is 20.6. The molecule has 1 N–H and O–H groups in total. The highest BCUT2D eigenvalue weighted by molar-refractivity contribution is 5.98. The SMILES string of the molecule is CCc1nc2c(C)ccnc2n1Cc1ccc2c(c1)CCc1ccccc1C2=C(C)c1noc(=O)[nH]1. The largest absolute Gasteiger partial charge is 0.439 e. The molecule has 0 aliphatic heterocycles. The van der Waals surface area contributed by atoms with Gasteiger partial charge in [-0.15, -0.1) is 0 Å². The molecule has 0 saturated carbocycles. The number of hydrogen-bond donors (Lipinski definition) is 1. The van der Waals surface area contributed by atoms with Crippen LogP contribution in [0, 0.1) is 6.92 Å². The van der Waals surface area contributed by atoms with Crippen LogP contribution in [0.2, 0.25) is 0 Å². The van der Waals surface area contributed by atoms with E-state index in [1.54, 1.807) is 0 Å². The molecule has 7 heteroatoms. The van der Waals surface area contributed by atoms with Gasteiger partial charge < -0.3 is 4.57 Å². The number of nitrogens with zero attached hydrogens (tertiary/aromatic N) is 4. The lowest BCUT2D eigenvalue weighted by Crippen LogP contribution is -2.06. The smallest absolute Gasteiger partial charge is 0.308 e. The summed E-state index contributed by atoms with van der Waals surface area (Å²) in [6, 6.07) is 17.2. The lowest BCUT2D eigenvalue weighted by Gasteiger charge is -2.16. The predicted molar refractivity (Wildman–Crippen MR) is 140 cm³/mol. The number of allylic oxidation sites excluding steroid dienone is 1. The minimum atomic E-state index is -0.550. The number of hydrogen-bond acceptors (Lipinski definition) is 5. The Morgan fingerprint density at radius 1 is 1.08 bits per heavy atom. The van der Waals surface area contributed by atoms with Gasteiger partial charge in [-0.1, -0.05) is 54.5 Å². The van der Waals surface area contributed by atoms with Crippen molar-refractivity contribution in [2.45, 2.75) is 46.6 Å². The van der Waals surface area contributed by atoms with Crippen molar-refractivity contribution in [2.24, 2.45) is 0 Å². The van der Waals surface area contributed by atoms with Gasteiger partial charge in [0.25, 0.3) is 0 Å². The van der Waals surface area contributed by atoms with Crippen LogP contribution in [0.25, 0.3) is 22.3 Å². The highest BCUT2D eigenvalue weighted by Gasteiger charge is 2.22. The van der Waals surface area contributed by atoms with Crippen LogP contribution in [0.3, 0.4) is 0 Å². The molecule has 2 aromatic carbocycles. The Hall–Kier alpha value is -4.26. The van der Waals surface area contributed by atoms with Gasteiger partial charge in [0.2, 0.25) is 0 Å². The summed E-state index contributed by atoms with van der Waals surface area (Å²) in [6.07, 6.45) is 4.57. The summed E-state index contributed by atoms with van der Waals surface area (Å²) in [5.74, 6) is 0.951. The summed E-state index contributed by atoms with van der Waals surface area (Å²) < 4.78 is 7.05. The molecule has 3 heterocycles. The van der Waals surface area contributed by atoms with E-state index in [0.717, 1.165) is 58.5 Å². The molecule has 0 amide bonds.